The molecule has 0 unspecified atom stereocenters. The van der Waals surface area contributed by atoms with Crippen LogP contribution in [0.4, 0.5) is 4.39 Å². The van der Waals surface area contributed by atoms with Crippen molar-refractivity contribution in [1.82, 2.24) is 10.2 Å². The van der Waals surface area contributed by atoms with E-state index in [1.54, 1.807) is 13.2 Å². The normalized spacial score (nSPS) is 10.8. The Kier molecular flexibility index (Phi) is 6.97. The molecular weight excluding hydrogens is 315 g/mol. The first-order valence-electron chi connectivity index (χ1n) is 5.95. The topological polar surface area (TPSA) is 41.6 Å². The maximum Gasteiger partial charge on any atom is 0.254 e. The number of methoxy groups -OCH3 is 1. The molecule has 1 N–H and O–H groups in total. The van der Waals surface area contributed by atoms with Crippen molar-refractivity contribution in [2.24, 2.45) is 0 Å². The zero-order chi connectivity index (χ0) is 14.3. The molecule has 0 aliphatic rings. The Labute approximate surface area is 121 Å². The molecule has 106 valence electrons. The molecule has 0 fully saturated rings. The fourth-order valence-corrected chi connectivity index (χ4v) is 1.85. The van der Waals surface area contributed by atoms with Crippen molar-refractivity contribution in [3.63, 3.8) is 0 Å². The largest absolute Gasteiger partial charge is 0.383 e. The Morgan fingerprint density at radius 3 is 2.89 bits per heavy atom. The average Bonchev–Trinajstić information content (AvgIpc) is 2.39. The highest BCUT2D eigenvalue weighted by atomic mass is 79.9. The summed E-state index contributed by atoms with van der Waals surface area (Å²) in [6.07, 6.45) is 0. The van der Waals surface area contributed by atoms with Gasteiger partial charge in [-0.3, -0.25) is 4.79 Å². The minimum absolute atomic E-state index is 0.0499. The highest BCUT2D eigenvalue weighted by Crippen LogP contribution is 2.15. The van der Waals surface area contributed by atoms with Crippen molar-refractivity contribution in [3.05, 3.63) is 34.1 Å². The zero-order valence-electron chi connectivity index (χ0n) is 11.1. The molecule has 0 spiro atoms. The van der Waals surface area contributed by atoms with E-state index in [0.717, 1.165) is 6.54 Å². The number of benzene rings is 1. The lowest BCUT2D eigenvalue weighted by Gasteiger charge is -2.16. The first-order valence-corrected chi connectivity index (χ1v) is 6.74. The van der Waals surface area contributed by atoms with Crippen LogP contribution in [0.25, 0.3) is 0 Å². The standard InChI is InChI=1S/C13H18BrFN2O2/c1-17(7-8-19-2)6-5-16-13(18)11-9-10(14)3-4-12(11)15/h3-4,9H,5-8H2,1-2H3,(H,16,18). The molecule has 0 saturated heterocycles. The first-order chi connectivity index (χ1) is 9.04. The summed E-state index contributed by atoms with van der Waals surface area (Å²) in [5.41, 5.74) is 0.0499. The van der Waals surface area contributed by atoms with Gasteiger partial charge in [0.1, 0.15) is 5.82 Å². The maximum atomic E-state index is 13.5. The molecule has 1 rings (SSSR count). The van der Waals surface area contributed by atoms with Gasteiger partial charge in [0.05, 0.1) is 12.2 Å². The third-order valence-corrected chi connectivity index (χ3v) is 3.12. The van der Waals surface area contributed by atoms with Crippen LogP contribution in [0.3, 0.4) is 0 Å². The van der Waals surface area contributed by atoms with Crippen LogP contribution in [0.2, 0.25) is 0 Å². The molecule has 0 heterocycles. The SMILES string of the molecule is COCCN(C)CCNC(=O)c1cc(Br)ccc1F. The Morgan fingerprint density at radius 2 is 2.21 bits per heavy atom. The summed E-state index contributed by atoms with van der Waals surface area (Å²) in [6, 6.07) is 4.30. The monoisotopic (exact) mass is 332 g/mol. The molecule has 0 saturated carbocycles. The van der Waals surface area contributed by atoms with Crippen molar-refractivity contribution >= 4 is 21.8 Å². The van der Waals surface area contributed by atoms with Crippen molar-refractivity contribution < 1.29 is 13.9 Å². The summed E-state index contributed by atoms with van der Waals surface area (Å²) in [5, 5.41) is 2.69. The van der Waals surface area contributed by atoms with E-state index >= 15 is 0 Å². The van der Waals surface area contributed by atoms with Crippen LogP contribution >= 0.6 is 15.9 Å². The molecule has 0 aliphatic heterocycles. The van der Waals surface area contributed by atoms with Gasteiger partial charge in [0.15, 0.2) is 0 Å². The Hall–Kier alpha value is -0.980. The smallest absolute Gasteiger partial charge is 0.254 e. The van der Waals surface area contributed by atoms with Gasteiger partial charge in [0.2, 0.25) is 0 Å². The lowest BCUT2D eigenvalue weighted by molar-refractivity contribution is 0.0943. The van der Waals surface area contributed by atoms with Gasteiger partial charge in [-0.05, 0) is 25.2 Å². The quantitative estimate of drug-likeness (QED) is 0.829. The van der Waals surface area contributed by atoms with Crippen molar-refractivity contribution in [1.29, 1.82) is 0 Å². The minimum Gasteiger partial charge on any atom is -0.383 e. The third-order valence-electron chi connectivity index (χ3n) is 2.63. The number of carbonyl (C=O) groups is 1. The summed E-state index contributed by atoms with van der Waals surface area (Å²) in [4.78, 5) is 13.8. The number of rotatable bonds is 7. The van der Waals surface area contributed by atoms with Gasteiger partial charge < -0.3 is 15.0 Å². The molecule has 0 aromatic heterocycles. The number of hydrogen-bond donors (Lipinski definition) is 1. The number of carbonyl (C=O) groups excluding carboxylic acids is 1. The molecule has 0 bridgehead atoms. The van der Waals surface area contributed by atoms with Crippen LogP contribution < -0.4 is 5.32 Å². The molecule has 1 aromatic rings. The molecule has 1 amide bonds. The highest BCUT2D eigenvalue weighted by Gasteiger charge is 2.11. The highest BCUT2D eigenvalue weighted by molar-refractivity contribution is 9.10. The van der Waals surface area contributed by atoms with Crippen LogP contribution in [-0.2, 0) is 4.74 Å². The second kappa shape index (κ2) is 8.24. The molecular formula is C13H18BrFN2O2. The van der Waals surface area contributed by atoms with E-state index in [9.17, 15) is 9.18 Å². The second-order valence-corrected chi connectivity index (χ2v) is 5.09. The van der Waals surface area contributed by atoms with Crippen LogP contribution in [-0.4, -0.2) is 51.2 Å². The van der Waals surface area contributed by atoms with Gasteiger partial charge in [-0.2, -0.15) is 0 Å². The number of ether oxygens (including phenoxy) is 1. The first kappa shape index (κ1) is 16.1. The fraction of sp³-hybridized carbons (Fsp3) is 0.462. The second-order valence-electron chi connectivity index (χ2n) is 4.18. The molecule has 19 heavy (non-hydrogen) atoms. The summed E-state index contributed by atoms with van der Waals surface area (Å²) in [7, 11) is 3.58. The minimum atomic E-state index is -0.520. The molecule has 0 atom stereocenters. The van der Waals surface area contributed by atoms with E-state index in [-0.39, 0.29) is 5.56 Å². The zero-order valence-corrected chi connectivity index (χ0v) is 12.7. The Bertz CT molecular complexity index is 429. The number of amides is 1. The molecule has 0 radical (unpaired) electrons. The predicted molar refractivity (Wildman–Crippen MR) is 75.8 cm³/mol. The van der Waals surface area contributed by atoms with Crippen molar-refractivity contribution in [3.8, 4) is 0 Å². The molecule has 4 nitrogen and oxygen atoms in total. The molecule has 1 aromatic carbocycles. The summed E-state index contributed by atoms with van der Waals surface area (Å²) < 4.78 is 19.1. The van der Waals surface area contributed by atoms with Crippen LogP contribution in [0, 0.1) is 5.82 Å². The summed E-state index contributed by atoms with van der Waals surface area (Å²) in [6.45, 7) is 2.58. The Balaban J connectivity index is 2.41. The lowest BCUT2D eigenvalue weighted by atomic mass is 10.2. The van der Waals surface area contributed by atoms with Gasteiger partial charge in [0, 0.05) is 31.2 Å². The van der Waals surface area contributed by atoms with Crippen LogP contribution in [0.1, 0.15) is 10.4 Å². The van der Waals surface area contributed by atoms with Gasteiger partial charge >= 0.3 is 0 Å². The molecule has 0 aliphatic carbocycles. The van der Waals surface area contributed by atoms with Crippen LogP contribution in [0.15, 0.2) is 22.7 Å². The summed E-state index contributed by atoms with van der Waals surface area (Å²) >= 11 is 3.22. The van der Waals surface area contributed by atoms with Gasteiger partial charge in [-0.1, -0.05) is 15.9 Å². The number of nitrogens with one attached hydrogen (secondary N) is 1. The number of likely N-dealkylation sites (N-methyl/N-ethyl adjacent to an activating group) is 1. The van der Waals surface area contributed by atoms with E-state index in [1.165, 1.54) is 12.1 Å². The van der Waals surface area contributed by atoms with Gasteiger partial charge in [-0.15, -0.1) is 0 Å². The van der Waals surface area contributed by atoms with Gasteiger partial charge in [0.25, 0.3) is 5.91 Å². The van der Waals surface area contributed by atoms with Crippen LogP contribution in [0.5, 0.6) is 0 Å². The third kappa shape index (κ3) is 5.67. The number of nitrogens with zero attached hydrogens (tertiary/aromatic N) is 1. The lowest BCUT2D eigenvalue weighted by Crippen LogP contribution is -2.34. The van der Waals surface area contributed by atoms with E-state index in [4.69, 9.17) is 4.74 Å². The number of halogens is 2. The summed E-state index contributed by atoms with van der Waals surface area (Å²) in [5.74, 6) is -0.924. The van der Waals surface area contributed by atoms with E-state index < -0.39 is 11.7 Å². The van der Waals surface area contributed by atoms with E-state index in [2.05, 4.69) is 21.2 Å². The molecule has 6 heteroatoms. The maximum absolute atomic E-state index is 13.5. The van der Waals surface area contributed by atoms with Gasteiger partial charge in [-0.25, -0.2) is 4.39 Å². The van der Waals surface area contributed by atoms with Crippen molar-refractivity contribution in [2.45, 2.75) is 0 Å². The van der Waals surface area contributed by atoms with E-state index in [1.807, 2.05) is 11.9 Å². The average molecular weight is 333 g/mol. The fourth-order valence-electron chi connectivity index (χ4n) is 1.49. The van der Waals surface area contributed by atoms with E-state index in [0.29, 0.717) is 24.2 Å². The number of hydrogen-bond acceptors (Lipinski definition) is 3. The van der Waals surface area contributed by atoms with Crippen molar-refractivity contribution in [2.75, 3.05) is 40.4 Å². The Morgan fingerprint density at radius 1 is 1.47 bits per heavy atom. The predicted octanol–water partition coefficient (Wildman–Crippen LogP) is 1.90.